The van der Waals surface area contributed by atoms with Crippen LogP contribution in [-0.2, 0) is 18.4 Å². The molecule has 4 heterocycles. The minimum absolute atomic E-state index is 0.0220. The van der Waals surface area contributed by atoms with Crippen LogP contribution in [0, 0.1) is 6.92 Å². The first-order chi connectivity index (χ1) is 16.0. The van der Waals surface area contributed by atoms with Crippen LogP contribution >= 0.6 is 0 Å². The third kappa shape index (κ3) is 3.71. The first kappa shape index (κ1) is 21.4. The van der Waals surface area contributed by atoms with Gasteiger partial charge in [-0.2, -0.15) is 0 Å². The Bertz CT molecular complexity index is 1290. The van der Waals surface area contributed by atoms with Gasteiger partial charge in [0.15, 0.2) is 5.82 Å². The molecule has 0 unspecified atom stereocenters. The summed E-state index contributed by atoms with van der Waals surface area (Å²) >= 11 is 0. The van der Waals surface area contributed by atoms with Crippen LogP contribution in [0.4, 0.5) is 0 Å². The molecule has 2 aromatic heterocycles. The Kier molecular flexibility index (Phi) is 5.47. The molecule has 0 radical (unpaired) electrons. The summed E-state index contributed by atoms with van der Waals surface area (Å²) in [6.45, 7) is 3.95. The topological polar surface area (TPSA) is 93.3 Å². The molecule has 2 aliphatic rings. The highest BCUT2D eigenvalue weighted by Gasteiger charge is 2.33. The van der Waals surface area contributed by atoms with Crippen LogP contribution in [0.1, 0.15) is 53.6 Å². The molecule has 33 heavy (non-hydrogen) atoms. The number of carbonyl (C=O) groups excluding carboxylic acids is 2. The van der Waals surface area contributed by atoms with Crippen LogP contribution in [0.25, 0.3) is 11.0 Å². The van der Waals surface area contributed by atoms with Gasteiger partial charge in [0.05, 0.1) is 28.3 Å². The first-order valence-corrected chi connectivity index (χ1v) is 11.5. The minimum atomic E-state index is -0.252. The second kappa shape index (κ2) is 8.46. The molecule has 1 aromatic carbocycles. The second-order valence-electron chi connectivity index (χ2n) is 8.89. The van der Waals surface area contributed by atoms with E-state index in [-0.39, 0.29) is 30.1 Å². The number of rotatable bonds is 4. The minimum Gasteiger partial charge on any atom is -0.339 e. The van der Waals surface area contributed by atoms with E-state index in [1.807, 2.05) is 36.1 Å². The lowest BCUT2D eigenvalue weighted by Crippen LogP contribution is -2.37. The fourth-order valence-corrected chi connectivity index (χ4v) is 5.02. The van der Waals surface area contributed by atoms with Crippen molar-refractivity contribution in [1.82, 2.24) is 28.9 Å². The van der Waals surface area contributed by atoms with E-state index in [0.717, 1.165) is 49.8 Å². The normalized spacial score (nSPS) is 18.4. The largest absolute Gasteiger partial charge is 0.339 e. The summed E-state index contributed by atoms with van der Waals surface area (Å²) < 4.78 is 3.09. The maximum Gasteiger partial charge on any atom is 0.329 e. The van der Waals surface area contributed by atoms with Gasteiger partial charge in [-0.15, -0.1) is 0 Å². The van der Waals surface area contributed by atoms with Crippen LogP contribution in [0.3, 0.4) is 0 Å². The number of likely N-dealkylation sites (tertiary alicyclic amines) is 2. The summed E-state index contributed by atoms with van der Waals surface area (Å²) in [6.07, 6.45) is 5.27. The predicted molar refractivity (Wildman–Crippen MR) is 123 cm³/mol. The Hall–Kier alpha value is -3.49. The Morgan fingerprint density at radius 1 is 1.06 bits per heavy atom. The molecule has 9 nitrogen and oxygen atoms in total. The van der Waals surface area contributed by atoms with E-state index in [1.165, 1.54) is 4.57 Å². The Morgan fingerprint density at radius 3 is 2.52 bits per heavy atom. The fourth-order valence-electron chi connectivity index (χ4n) is 5.02. The van der Waals surface area contributed by atoms with Crippen LogP contribution in [0.2, 0.25) is 0 Å². The molecule has 1 atom stereocenters. The molecular formula is C24H28N6O3. The summed E-state index contributed by atoms with van der Waals surface area (Å²) in [4.78, 5) is 51.5. The highest BCUT2D eigenvalue weighted by atomic mass is 16.2. The van der Waals surface area contributed by atoms with Gasteiger partial charge in [-0.25, -0.2) is 14.8 Å². The number of imidazole rings is 1. The SMILES string of the molecule is Cc1nc([C@@H]2CCCN2C(=O)Cn2c(=O)n(C)c3ccccc32)ncc1C(=O)N1CCCC1. The van der Waals surface area contributed by atoms with Crippen molar-refractivity contribution in [1.29, 1.82) is 0 Å². The molecule has 0 N–H and O–H groups in total. The highest BCUT2D eigenvalue weighted by Crippen LogP contribution is 2.30. The molecule has 0 saturated carbocycles. The van der Waals surface area contributed by atoms with Crippen molar-refractivity contribution in [2.45, 2.75) is 45.2 Å². The van der Waals surface area contributed by atoms with E-state index >= 15 is 0 Å². The first-order valence-electron chi connectivity index (χ1n) is 11.5. The van der Waals surface area contributed by atoms with Gasteiger partial charge >= 0.3 is 5.69 Å². The van der Waals surface area contributed by atoms with E-state index in [9.17, 15) is 14.4 Å². The van der Waals surface area contributed by atoms with E-state index in [4.69, 9.17) is 0 Å². The Labute approximate surface area is 191 Å². The third-order valence-electron chi connectivity index (χ3n) is 6.84. The van der Waals surface area contributed by atoms with E-state index in [2.05, 4.69) is 9.97 Å². The molecule has 0 spiro atoms. The number of hydrogen-bond donors (Lipinski definition) is 0. The van der Waals surface area contributed by atoms with Crippen molar-refractivity contribution in [3.05, 3.63) is 58.0 Å². The molecular weight excluding hydrogens is 420 g/mol. The zero-order chi connectivity index (χ0) is 23.1. The van der Waals surface area contributed by atoms with Crippen LogP contribution in [-0.4, -0.2) is 60.4 Å². The van der Waals surface area contributed by atoms with Crippen molar-refractivity contribution < 1.29 is 9.59 Å². The molecule has 5 rings (SSSR count). The van der Waals surface area contributed by atoms with Gasteiger partial charge in [0.25, 0.3) is 5.91 Å². The molecule has 172 valence electrons. The number of fused-ring (bicyclic) bond motifs is 1. The highest BCUT2D eigenvalue weighted by molar-refractivity contribution is 5.95. The summed E-state index contributed by atoms with van der Waals surface area (Å²) in [7, 11) is 1.71. The van der Waals surface area contributed by atoms with E-state index < -0.39 is 0 Å². The molecule has 9 heteroatoms. The van der Waals surface area contributed by atoms with Crippen molar-refractivity contribution >= 4 is 22.8 Å². The van der Waals surface area contributed by atoms with Gasteiger partial charge in [-0.05, 0) is 44.7 Å². The average molecular weight is 449 g/mol. The van der Waals surface area contributed by atoms with E-state index in [0.29, 0.717) is 23.6 Å². The Balaban J connectivity index is 1.38. The molecule has 2 amide bonds. The van der Waals surface area contributed by atoms with Crippen LogP contribution < -0.4 is 5.69 Å². The zero-order valence-electron chi connectivity index (χ0n) is 19.0. The Morgan fingerprint density at radius 2 is 1.79 bits per heavy atom. The smallest absolute Gasteiger partial charge is 0.329 e. The van der Waals surface area contributed by atoms with Gasteiger partial charge in [0.1, 0.15) is 6.54 Å². The summed E-state index contributed by atoms with van der Waals surface area (Å²) in [6, 6.07) is 7.22. The molecule has 2 saturated heterocycles. The molecule has 0 aliphatic carbocycles. The number of hydrogen-bond acceptors (Lipinski definition) is 5. The van der Waals surface area contributed by atoms with Crippen molar-refractivity contribution in [2.75, 3.05) is 19.6 Å². The van der Waals surface area contributed by atoms with Crippen LogP contribution in [0.5, 0.6) is 0 Å². The fraction of sp³-hybridized carbons (Fsp3) is 0.458. The van der Waals surface area contributed by atoms with E-state index in [1.54, 1.807) is 22.7 Å². The van der Waals surface area contributed by atoms with Gasteiger partial charge in [-0.3, -0.25) is 18.7 Å². The molecule has 2 aliphatic heterocycles. The number of amides is 2. The van der Waals surface area contributed by atoms with Crippen molar-refractivity contribution in [3.8, 4) is 0 Å². The maximum absolute atomic E-state index is 13.3. The van der Waals surface area contributed by atoms with Gasteiger partial charge in [0, 0.05) is 32.9 Å². The quantitative estimate of drug-likeness (QED) is 0.609. The number of benzene rings is 1. The monoisotopic (exact) mass is 448 g/mol. The summed E-state index contributed by atoms with van der Waals surface area (Å²) in [5.74, 6) is 0.405. The van der Waals surface area contributed by atoms with Crippen molar-refractivity contribution in [3.63, 3.8) is 0 Å². The maximum atomic E-state index is 13.3. The van der Waals surface area contributed by atoms with Gasteiger partial charge < -0.3 is 9.80 Å². The number of nitrogens with zero attached hydrogens (tertiary/aromatic N) is 6. The lowest BCUT2D eigenvalue weighted by molar-refractivity contribution is -0.132. The van der Waals surface area contributed by atoms with Gasteiger partial charge in [-0.1, -0.05) is 12.1 Å². The summed E-state index contributed by atoms with van der Waals surface area (Å²) in [5, 5.41) is 0. The third-order valence-corrected chi connectivity index (χ3v) is 6.84. The molecule has 0 bridgehead atoms. The number of carbonyl (C=O) groups is 2. The lowest BCUT2D eigenvalue weighted by atomic mass is 10.1. The number of para-hydroxylation sites is 2. The lowest BCUT2D eigenvalue weighted by Gasteiger charge is -2.24. The average Bonchev–Trinajstić information content (AvgIpc) is 3.57. The number of aryl methyl sites for hydroxylation is 2. The number of aromatic nitrogens is 4. The van der Waals surface area contributed by atoms with Crippen LogP contribution in [0.15, 0.2) is 35.3 Å². The predicted octanol–water partition coefficient (Wildman–Crippen LogP) is 2.04. The molecule has 3 aromatic rings. The van der Waals surface area contributed by atoms with Crippen molar-refractivity contribution in [2.24, 2.45) is 7.05 Å². The summed E-state index contributed by atoms with van der Waals surface area (Å²) in [5.41, 5.74) is 2.49. The molecule has 2 fully saturated rings. The van der Waals surface area contributed by atoms with Gasteiger partial charge in [0.2, 0.25) is 5.91 Å². The standard InChI is InChI=1S/C24H28N6O3/c1-16-17(23(32)28-11-5-6-12-28)14-25-22(26-16)20-10-7-13-29(20)21(31)15-30-19-9-4-3-8-18(19)27(2)24(30)33/h3-4,8-9,14,20H,5-7,10-13,15H2,1-2H3/t20-/m0/s1. The zero-order valence-corrected chi connectivity index (χ0v) is 19.0. The second-order valence-corrected chi connectivity index (χ2v) is 8.89.